The number of carbonyl (C=O) groups is 2. The van der Waals surface area contributed by atoms with Crippen molar-refractivity contribution in [3.05, 3.63) is 82.0 Å². The number of pyridine rings is 1. The zero-order chi connectivity index (χ0) is 21.7. The number of carbonyl (C=O) groups excluding carboxylic acids is 2. The number of aliphatic hydroxyl groups is 1. The summed E-state index contributed by atoms with van der Waals surface area (Å²) in [7, 11) is 0. The molecule has 6 nitrogen and oxygen atoms in total. The molecule has 3 N–H and O–H groups in total. The van der Waals surface area contributed by atoms with E-state index in [1.54, 1.807) is 30.5 Å². The normalized spacial score (nSPS) is 10.6. The van der Waals surface area contributed by atoms with Crippen LogP contribution in [0.5, 0.6) is 0 Å². The van der Waals surface area contributed by atoms with E-state index in [4.69, 9.17) is 28.9 Å². The molecule has 1 aromatic heterocycles. The van der Waals surface area contributed by atoms with E-state index in [-0.39, 0.29) is 35.2 Å². The molecule has 3 rings (SSSR count). The highest BCUT2D eigenvalue weighted by molar-refractivity contribution is 6.34. The Labute approximate surface area is 183 Å². The number of primary amides is 1. The smallest absolute Gasteiger partial charge is 0.258 e. The number of nitrogens with zero attached hydrogens (tertiary/aromatic N) is 2. The molecule has 0 fully saturated rings. The van der Waals surface area contributed by atoms with Gasteiger partial charge in [0.2, 0.25) is 5.91 Å². The van der Waals surface area contributed by atoms with Crippen molar-refractivity contribution in [2.24, 2.45) is 5.73 Å². The van der Waals surface area contributed by atoms with E-state index >= 15 is 0 Å². The third-order valence-electron chi connectivity index (χ3n) is 4.47. The lowest BCUT2D eigenvalue weighted by Crippen LogP contribution is -2.32. The maximum absolute atomic E-state index is 13.2. The lowest BCUT2D eigenvalue weighted by atomic mass is 10.1. The lowest BCUT2D eigenvalue weighted by molar-refractivity contribution is 0.0979. The average molecular weight is 444 g/mol. The van der Waals surface area contributed by atoms with Crippen LogP contribution in [0.1, 0.15) is 27.1 Å². The van der Waals surface area contributed by atoms with Crippen molar-refractivity contribution in [1.82, 2.24) is 4.98 Å². The molecule has 2 aromatic carbocycles. The summed E-state index contributed by atoms with van der Waals surface area (Å²) in [6.07, 6.45) is 2.04. The average Bonchev–Trinajstić information content (AvgIpc) is 2.75. The van der Waals surface area contributed by atoms with E-state index in [9.17, 15) is 14.7 Å². The van der Waals surface area contributed by atoms with Gasteiger partial charge in [-0.15, -0.1) is 0 Å². The molecule has 3 aromatic rings. The third kappa shape index (κ3) is 4.79. The van der Waals surface area contributed by atoms with Crippen LogP contribution in [0.3, 0.4) is 0 Å². The molecule has 0 aliphatic rings. The molecule has 0 atom stereocenters. The second-order valence-electron chi connectivity index (χ2n) is 6.47. The highest BCUT2D eigenvalue weighted by Crippen LogP contribution is 2.31. The van der Waals surface area contributed by atoms with Crippen LogP contribution in [0.25, 0.3) is 11.3 Å². The van der Waals surface area contributed by atoms with Crippen molar-refractivity contribution in [3.63, 3.8) is 0 Å². The molecule has 0 saturated heterocycles. The zero-order valence-electron chi connectivity index (χ0n) is 15.9. The van der Waals surface area contributed by atoms with Gasteiger partial charge in [-0.05, 0) is 55.0 Å². The van der Waals surface area contributed by atoms with Crippen LogP contribution in [-0.2, 0) is 0 Å². The molecular formula is C22H19Cl2N3O3. The minimum atomic E-state index is -0.672. The third-order valence-corrected chi connectivity index (χ3v) is 5.11. The monoisotopic (exact) mass is 443 g/mol. The highest BCUT2D eigenvalue weighted by Gasteiger charge is 2.20. The van der Waals surface area contributed by atoms with Gasteiger partial charge in [0.1, 0.15) is 0 Å². The van der Waals surface area contributed by atoms with Crippen LogP contribution in [0.4, 0.5) is 5.69 Å². The van der Waals surface area contributed by atoms with Gasteiger partial charge in [-0.25, -0.2) is 0 Å². The maximum Gasteiger partial charge on any atom is 0.258 e. The summed E-state index contributed by atoms with van der Waals surface area (Å²) in [5.74, 6) is -1.01. The van der Waals surface area contributed by atoms with Gasteiger partial charge in [0.15, 0.2) is 0 Å². The van der Waals surface area contributed by atoms with Gasteiger partial charge < -0.3 is 15.7 Å². The highest BCUT2D eigenvalue weighted by atomic mass is 35.5. The maximum atomic E-state index is 13.2. The van der Waals surface area contributed by atoms with E-state index in [0.29, 0.717) is 28.4 Å². The number of amides is 2. The van der Waals surface area contributed by atoms with Gasteiger partial charge in [0.05, 0.1) is 21.3 Å². The number of aromatic nitrogens is 1. The van der Waals surface area contributed by atoms with E-state index < -0.39 is 5.91 Å². The number of aliphatic hydroxyl groups excluding tert-OH is 1. The standard InChI is InChI=1S/C22H19Cl2N3O3/c23-18-8-6-15(13-17(18)20-4-1-2-9-26-20)27(10-3-11-28)22(30)14-5-7-16(21(25)29)19(24)12-14/h1-2,4-9,12-13,28H,3,10-11H2,(H2,25,29). The molecule has 0 spiro atoms. The van der Waals surface area contributed by atoms with Crippen molar-refractivity contribution in [2.45, 2.75) is 6.42 Å². The number of hydrogen-bond donors (Lipinski definition) is 2. The SMILES string of the molecule is NC(=O)c1ccc(C(=O)N(CCCO)c2ccc(Cl)c(-c3ccccn3)c2)cc1Cl. The molecule has 0 unspecified atom stereocenters. The molecule has 8 heteroatoms. The first-order valence-electron chi connectivity index (χ1n) is 9.15. The first kappa shape index (κ1) is 21.8. The molecule has 2 amide bonds. The van der Waals surface area contributed by atoms with Crippen LogP contribution in [0, 0.1) is 0 Å². The quantitative estimate of drug-likeness (QED) is 0.571. The van der Waals surface area contributed by atoms with E-state index in [2.05, 4.69) is 4.98 Å². The van der Waals surface area contributed by atoms with Crippen molar-refractivity contribution in [2.75, 3.05) is 18.1 Å². The molecular weight excluding hydrogens is 425 g/mol. The number of anilines is 1. The number of nitrogens with two attached hydrogens (primary N) is 1. The van der Waals surface area contributed by atoms with Gasteiger partial charge in [0, 0.05) is 36.2 Å². The Morgan fingerprint density at radius 3 is 2.47 bits per heavy atom. The zero-order valence-corrected chi connectivity index (χ0v) is 17.4. The molecule has 0 aliphatic heterocycles. The number of hydrogen-bond acceptors (Lipinski definition) is 4. The Balaban J connectivity index is 2.01. The fourth-order valence-electron chi connectivity index (χ4n) is 2.98. The van der Waals surface area contributed by atoms with Gasteiger partial charge in [0.25, 0.3) is 5.91 Å². The Morgan fingerprint density at radius 1 is 1.03 bits per heavy atom. The summed E-state index contributed by atoms with van der Waals surface area (Å²) in [5.41, 5.74) is 7.65. The second kappa shape index (κ2) is 9.71. The predicted molar refractivity (Wildman–Crippen MR) is 118 cm³/mol. The Bertz CT molecular complexity index is 1070. The van der Waals surface area contributed by atoms with Crippen LogP contribution < -0.4 is 10.6 Å². The number of benzene rings is 2. The van der Waals surface area contributed by atoms with Crippen LogP contribution in [0.2, 0.25) is 10.0 Å². The Morgan fingerprint density at radius 2 is 1.83 bits per heavy atom. The van der Waals surface area contributed by atoms with Gasteiger partial charge >= 0.3 is 0 Å². The molecule has 1 heterocycles. The first-order valence-corrected chi connectivity index (χ1v) is 9.91. The second-order valence-corrected chi connectivity index (χ2v) is 7.29. The first-order chi connectivity index (χ1) is 14.4. The van der Waals surface area contributed by atoms with E-state index in [1.807, 2.05) is 12.1 Å². The molecule has 0 bridgehead atoms. The Kier molecular flexibility index (Phi) is 7.05. The topological polar surface area (TPSA) is 96.5 Å². The minimum Gasteiger partial charge on any atom is -0.396 e. The molecule has 0 saturated carbocycles. The minimum absolute atomic E-state index is 0.0775. The molecule has 0 radical (unpaired) electrons. The largest absolute Gasteiger partial charge is 0.396 e. The van der Waals surface area contributed by atoms with Gasteiger partial charge in [-0.1, -0.05) is 29.3 Å². The summed E-state index contributed by atoms with van der Waals surface area (Å²) >= 11 is 12.5. The fraction of sp³-hybridized carbons (Fsp3) is 0.136. The van der Waals surface area contributed by atoms with Crippen molar-refractivity contribution in [3.8, 4) is 11.3 Å². The van der Waals surface area contributed by atoms with Crippen LogP contribution in [-0.4, -0.2) is 35.1 Å². The lowest BCUT2D eigenvalue weighted by Gasteiger charge is -2.24. The van der Waals surface area contributed by atoms with Crippen molar-refractivity contribution < 1.29 is 14.7 Å². The molecule has 154 valence electrons. The Hall–Kier alpha value is -2.93. The fourth-order valence-corrected chi connectivity index (χ4v) is 3.47. The molecule has 0 aliphatic carbocycles. The van der Waals surface area contributed by atoms with Crippen molar-refractivity contribution in [1.29, 1.82) is 0 Å². The van der Waals surface area contributed by atoms with Gasteiger partial charge in [-0.3, -0.25) is 14.6 Å². The van der Waals surface area contributed by atoms with Crippen molar-refractivity contribution >= 4 is 40.7 Å². The van der Waals surface area contributed by atoms with E-state index in [0.717, 1.165) is 0 Å². The summed E-state index contributed by atoms with van der Waals surface area (Å²) in [5, 5.41) is 9.89. The predicted octanol–water partition coefficient (Wildman–Crippen LogP) is 4.18. The summed E-state index contributed by atoms with van der Waals surface area (Å²) in [6, 6.07) is 15.0. The summed E-state index contributed by atoms with van der Waals surface area (Å²) in [4.78, 5) is 30.5. The van der Waals surface area contributed by atoms with Crippen LogP contribution in [0.15, 0.2) is 60.8 Å². The van der Waals surface area contributed by atoms with E-state index in [1.165, 1.54) is 23.1 Å². The van der Waals surface area contributed by atoms with Gasteiger partial charge in [-0.2, -0.15) is 0 Å². The molecule has 30 heavy (non-hydrogen) atoms. The number of halogens is 2. The van der Waals surface area contributed by atoms with Crippen LogP contribution >= 0.6 is 23.2 Å². The number of rotatable bonds is 7. The summed E-state index contributed by atoms with van der Waals surface area (Å²) < 4.78 is 0. The summed E-state index contributed by atoms with van der Waals surface area (Å²) in [6.45, 7) is 0.194.